The quantitative estimate of drug-likeness (QED) is 0.235. The second-order valence-corrected chi connectivity index (χ2v) is 4.26. The minimum absolute atomic E-state index is 0.00519. The van der Waals surface area contributed by atoms with E-state index in [1.807, 2.05) is 0 Å². The Morgan fingerprint density at radius 3 is 2.48 bits per heavy atom. The lowest BCUT2D eigenvalue weighted by Crippen LogP contribution is -2.11. The minimum Gasteiger partial charge on any atom is -0.466 e. The molecule has 0 atom stereocenters. The number of rotatable bonds is 8. The van der Waals surface area contributed by atoms with Crippen molar-refractivity contribution in [2.45, 2.75) is 12.8 Å². The Hall–Kier alpha value is -2.96. The predicted molar refractivity (Wildman–Crippen MR) is 78.8 cm³/mol. The Morgan fingerprint density at radius 2 is 1.78 bits per heavy atom. The summed E-state index contributed by atoms with van der Waals surface area (Å²) in [5, 5.41) is 0. The van der Waals surface area contributed by atoms with Crippen molar-refractivity contribution in [2.24, 2.45) is 0 Å². The molecule has 1 aromatic rings. The van der Waals surface area contributed by atoms with Crippen molar-refractivity contribution >= 4 is 24.2 Å². The summed E-state index contributed by atoms with van der Waals surface area (Å²) in [7, 11) is 1.19. The standard InChI is InChI=1S/C16H16O7/c1-21-14(18)8-9-15(19)22-10-4-7-16(20)23-13-6-3-2-5-12(13)11-17/h2-3,5-6,8-9,11H,4,7,10H2,1H3. The van der Waals surface area contributed by atoms with Gasteiger partial charge in [-0.2, -0.15) is 0 Å². The lowest BCUT2D eigenvalue weighted by atomic mass is 10.2. The van der Waals surface area contributed by atoms with Gasteiger partial charge in [-0.3, -0.25) is 9.59 Å². The van der Waals surface area contributed by atoms with E-state index in [0.29, 0.717) is 6.29 Å². The Balaban J connectivity index is 2.29. The van der Waals surface area contributed by atoms with Crippen LogP contribution in [0.2, 0.25) is 0 Å². The van der Waals surface area contributed by atoms with Gasteiger partial charge in [0.2, 0.25) is 0 Å². The summed E-state index contributed by atoms with van der Waals surface area (Å²) in [5.41, 5.74) is 0.278. The lowest BCUT2D eigenvalue weighted by molar-refractivity contribution is -0.140. The van der Waals surface area contributed by atoms with Crippen molar-refractivity contribution in [3.63, 3.8) is 0 Å². The number of esters is 3. The smallest absolute Gasteiger partial charge is 0.331 e. The van der Waals surface area contributed by atoms with Gasteiger partial charge < -0.3 is 14.2 Å². The summed E-state index contributed by atoms with van der Waals surface area (Å²) in [6.45, 7) is -0.00519. The Labute approximate surface area is 132 Å². The van der Waals surface area contributed by atoms with E-state index >= 15 is 0 Å². The van der Waals surface area contributed by atoms with Crippen LogP contribution in [0.5, 0.6) is 5.75 Å². The van der Waals surface area contributed by atoms with Crippen LogP contribution in [-0.2, 0) is 23.9 Å². The van der Waals surface area contributed by atoms with Gasteiger partial charge in [-0.25, -0.2) is 9.59 Å². The Kier molecular flexibility index (Phi) is 7.77. The molecular formula is C16H16O7. The van der Waals surface area contributed by atoms with Gasteiger partial charge in [0.25, 0.3) is 0 Å². The van der Waals surface area contributed by atoms with Crippen LogP contribution >= 0.6 is 0 Å². The van der Waals surface area contributed by atoms with E-state index in [1.54, 1.807) is 12.1 Å². The number of hydrogen-bond donors (Lipinski definition) is 0. The van der Waals surface area contributed by atoms with Crippen molar-refractivity contribution in [3.05, 3.63) is 42.0 Å². The fraction of sp³-hybridized carbons (Fsp3) is 0.250. The zero-order chi connectivity index (χ0) is 17.1. The second-order valence-electron chi connectivity index (χ2n) is 4.26. The molecule has 7 heteroatoms. The zero-order valence-electron chi connectivity index (χ0n) is 12.5. The van der Waals surface area contributed by atoms with Gasteiger partial charge in [0.15, 0.2) is 6.29 Å². The first-order valence-electron chi connectivity index (χ1n) is 6.74. The van der Waals surface area contributed by atoms with E-state index in [-0.39, 0.29) is 30.8 Å². The molecule has 0 aliphatic heterocycles. The summed E-state index contributed by atoms with van der Waals surface area (Å²) < 4.78 is 14.1. The number of ether oxygens (including phenoxy) is 3. The van der Waals surface area contributed by atoms with Gasteiger partial charge in [-0.05, 0) is 18.6 Å². The molecule has 0 aliphatic rings. The first kappa shape index (κ1) is 18.1. The van der Waals surface area contributed by atoms with Gasteiger partial charge in [-0.1, -0.05) is 12.1 Å². The molecule has 0 amide bonds. The van der Waals surface area contributed by atoms with E-state index in [9.17, 15) is 19.2 Å². The van der Waals surface area contributed by atoms with Crippen LogP contribution in [0.25, 0.3) is 0 Å². The number of carbonyl (C=O) groups excluding carboxylic acids is 4. The molecule has 0 N–H and O–H groups in total. The van der Waals surface area contributed by atoms with Crippen LogP contribution in [0.4, 0.5) is 0 Å². The average molecular weight is 320 g/mol. The van der Waals surface area contributed by atoms with Crippen molar-refractivity contribution in [1.82, 2.24) is 0 Å². The maximum atomic E-state index is 11.6. The fourth-order valence-corrected chi connectivity index (χ4v) is 1.49. The first-order chi connectivity index (χ1) is 11.1. The predicted octanol–water partition coefficient (Wildman–Crippen LogP) is 1.46. The molecule has 0 aromatic heterocycles. The normalized spacial score (nSPS) is 10.1. The van der Waals surface area contributed by atoms with E-state index in [2.05, 4.69) is 4.74 Å². The van der Waals surface area contributed by atoms with E-state index < -0.39 is 17.9 Å². The Bertz CT molecular complexity index is 604. The van der Waals surface area contributed by atoms with E-state index in [1.165, 1.54) is 19.2 Å². The number of benzene rings is 1. The van der Waals surface area contributed by atoms with Crippen molar-refractivity contribution < 1.29 is 33.4 Å². The molecule has 0 bridgehead atoms. The molecule has 1 rings (SSSR count). The van der Waals surface area contributed by atoms with Crippen LogP contribution in [0.3, 0.4) is 0 Å². The summed E-state index contributed by atoms with van der Waals surface area (Å²) in [5.74, 6) is -1.74. The molecule has 0 unspecified atom stereocenters. The molecule has 0 fully saturated rings. The van der Waals surface area contributed by atoms with Crippen molar-refractivity contribution in [1.29, 1.82) is 0 Å². The highest BCUT2D eigenvalue weighted by molar-refractivity contribution is 5.91. The maximum Gasteiger partial charge on any atom is 0.331 e. The summed E-state index contributed by atoms with van der Waals surface area (Å²) >= 11 is 0. The summed E-state index contributed by atoms with van der Waals surface area (Å²) in [4.78, 5) is 44.4. The van der Waals surface area contributed by atoms with Gasteiger partial charge >= 0.3 is 17.9 Å². The molecule has 23 heavy (non-hydrogen) atoms. The molecule has 122 valence electrons. The summed E-state index contributed by atoms with van der Waals surface area (Å²) in [6, 6.07) is 6.34. The highest BCUT2D eigenvalue weighted by Gasteiger charge is 2.09. The van der Waals surface area contributed by atoms with Crippen molar-refractivity contribution in [2.75, 3.05) is 13.7 Å². The number of para-hydroxylation sites is 1. The first-order valence-corrected chi connectivity index (χ1v) is 6.74. The zero-order valence-corrected chi connectivity index (χ0v) is 12.5. The maximum absolute atomic E-state index is 11.6. The Morgan fingerprint density at radius 1 is 1.09 bits per heavy atom. The lowest BCUT2D eigenvalue weighted by Gasteiger charge is -2.06. The number of carbonyl (C=O) groups is 4. The largest absolute Gasteiger partial charge is 0.466 e. The number of methoxy groups -OCH3 is 1. The molecule has 0 radical (unpaired) electrons. The molecule has 7 nitrogen and oxygen atoms in total. The van der Waals surface area contributed by atoms with Crippen LogP contribution in [0, 0.1) is 0 Å². The number of hydrogen-bond acceptors (Lipinski definition) is 7. The third-order valence-corrected chi connectivity index (χ3v) is 2.60. The van der Waals surface area contributed by atoms with Crippen LogP contribution in [-0.4, -0.2) is 37.9 Å². The van der Waals surface area contributed by atoms with E-state index in [4.69, 9.17) is 9.47 Å². The molecule has 0 aliphatic carbocycles. The molecular weight excluding hydrogens is 304 g/mol. The molecule has 0 spiro atoms. The monoisotopic (exact) mass is 320 g/mol. The SMILES string of the molecule is COC(=O)C=CC(=O)OCCCC(=O)Oc1ccccc1C=O. The topological polar surface area (TPSA) is 96.0 Å². The third kappa shape index (κ3) is 7.03. The van der Waals surface area contributed by atoms with Crippen LogP contribution in [0.15, 0.2) is 36.4 Å². The van der Waals surface area contributed by atoms with Gasteiger partial charge in [0, 0.05) is 18.6 Å². The number of aldehydes is 1. The van der Waals surface area contributed by atoms with Crippen LogP contribution in [0.1, 0.15) is 23.2 Å². The van der Waals surface area contributed by atoms with Crippen LogP contribution < -0.4 is 4.74 Å². The molecule has 1 aromatic carbocycles. The van der Waals surface area contributed by atoms with Gasteiger partial charge in [0.1, 0.15) is 5.75 Å². The fourth-order valence-electron chi connectivity index (χ4n) is 1.49. The molecule has 0 saturated heterocycles. The second kappa shape index (κ2) is 9.88. The molecule has 0 heterocycles. The highest BCUT2D eigenvalue weighted by Crippen LogP contribution is 2.16. The van der Waals surface area contributed by atoms with Crippen molar-refractivity contribution in [3.8, 4) is 5.75 Å². The summed E-state index contributed by atoms with van der Waals surface area (Å²) in [6.07, 6.45) is 2.73. The van der Waals surface area contributed by atoms with Gasteiger partial charge in [-0.15, -0.1) is 0 Å². The van der Waals surface area contributed by atoms with E-state index in [0.717, 1.165) is 12.2 Å². The van der Waals surface area contributed by atoms with Gasteiger partial charge in [0.05, 0.1) is 19.3 Å². The third-order valence-electron chi connectivity index (χ3n) is 2.60. The molecule has 0 saturated carbocycles. The average Bonchev–Trinajstić information content (AvgIpc) is 2.57. The highest BCUT2D eigenvalue weighted by atomic mass is 16.5. The minimum atomic E-state index is -0.713.